The minimum atomic E-state index is 0.0391. The van der Waals surface area contributed by atoms with Gasteiger partial charge in [-0.2, -0.15) is 9.97 Å². The topological polar surface area (TPSA) is 76.3 Å². The largest absolute Gasteiger partial charge is 0.513 e. The fourth-order valence-electron chi connectivity index (χ4n) is 8.99. The van der Waals surface area contributed by atoms with Crippen LogP contribution in [0.15, 0.2) is 162 Å². The van der Waals surface area contributed by atoms with Crippen molar-refractivity contribution in [3.05, 3.63) is 173 Å². The molecule has 2 aliphatic carbocycles. The summed E-state index contributed by atoms with van der Waals surface area (Å²) in [4.78, 5) is 18.1. The number of hydrogen-bond donors (Lipinski definition) is 1. The van der Waals surface area contributed by atoms with Crippen LogP contribution in [-0.4, -0.2) is 56.0 Å². The summed E-state index contributed by atoms with van der Waals surface area (Å²) in [5.74, 6) is 4.08. The van der Waals surface area contributed by atoms with Gasteiger partial charge in [-0.3, -0.25) is 4.57 Å². The second-order valence-electron chi connectivity index (χ2n) is 15.6. The summed E-state index contributed by atoms with van der Waals surface area (Å²) >= 11 is 0. The molecule has 3 atom stereocenters. The summed E-state index contributed by atoms with van der Waals surface area (Å²) in [6.07, 6.45) is 7.58. The monoisotopic (exact) mass is 737 g/mol. The van der Waals surface area contributed by atoms with E-state index in [1.54, 1.807) is 0 Å². The smallest absolute Gasteiger partial charge is 0.238 e. The van der Waals surface area contributed by atoms with Crippen LogP contribution in [0.3, 0.4) is 0 Å². The van der Waals surface area contributed by atoms with E-state index >= 15 is 0 Å². The van der Waals surface area contributed by atoms with Crippen molar-refractivity contribution in [2.75, 3.05) is 4.90 Å². The zero-order chi connectivity index (χ0) is 38.9. The average Bonchev–Trinajstić information content (AvgIpc) is 3.77. The van der Waals surface area contributed by atoms with Crippen LogP contribution >= 0.6 is 0 Å². The standard InChI is InChI=1S/C46H39B4N5O2/c1-25-11-5-10-18-35(25)57-28-21-19-27(20-22-28)45-51-44(26-12-3-2-4-13-26)52-46(53-45)55-34-17-9-7-15-30(34)32-24-23-31-29-14-6-8-16-33(29)54(40(31)41(32)55)42-37(48)36(47)38(49)43(56)39(42)50/h2-13,15-24,29,36,38,56H,14,47-50H2,1H3. The van der Waals surface area contributed by atoms with Gasteiger partial charge in [-0.15, -0.1) is 0 Å². The molecule has 0 spiro atoms. The van der Waals surface area contributed by atoms with Crippen molar-refractivity contribution in [2.24, 2.45) is 0 Å². The van der Waals surface area contributed by atoms with E-state index in [4.69, 9.17) is 19.7 Å². The molecule has 3 unspecified atom stereocenters. The number of allylic oxidation sites excluding steroid dienone is 7. The van der Waals surface area contributed by atoms with Gasteiger partial charge in [0.05, 0.1) is 22.5 Å². The van der Waals surface area contributed by atoms with E-state index in [-0.39, 0.29) is 17.6 Å². The lowest BCUT2D eigenvalue weighted by Gasteiger charge is -2.37. The molecule has 0 saturated carbocycles. The van der Waals surface area contributed by atoms with Gasteiger partial charge in [0.1, 0.15) is 42.9 Å². The molecule has 3 aliphatic rings. The second-order valence-corrected chi connectivity index (χ2v) is 15.6. The summed E-state index contributed by atoms with van der Waals surface area (Å²) < 4.78 is 8.49. The van der Waals surface area contributed by atoms with Crippen LogP contribution in [0.4, 0.5) is 5.69 Å². The Hall–Kier alpha value is -6.47. The minimum Gasteiger partial charge on any atom is -0.513 e. The van der Waals surface area contributed by atoms with Crippen LogP contribution in [0.1, 0.15) is 23.5 Å². The molecule has 1 aliphatic heterocycles. The highest BCUT2D eigenvalue weighted by Gasteiger charge is 2.42. The fraction of sp³-hybridized carbons (Fsp3) is 0.109. The maximum absolute atomic E-state index is 11.6. The Labute approximate surface area is 335 Å². The number of anilines is 1. The normalized spacial score (nSPS) is 18.9. The van der Waals surface area contributed by atoms with E-state index in [9.17, 15) is 5.11 Å². The van der Waals surface area contributed by atoms with E-state index in [1.807, 2.05) is 85.8 Å². The average molecular weight is 737 g/mol. The number of para-hydroxylation sites is 2. The molecule has 0 fully saturated rings. The van der Waals surface area contributed by atoms with Gasteiger partial charge < -0.3 is 14.7 Å². The van der Waals surface area contributed by atoms with Gasteiger partial charge >= 0.3 is 0 Å². The Balaban J connectivity index is 1.23. The Kier molecular flexibility index (Phi) is 8.36. The zero-order valence-corrected chi connectivity index (χ0v) is 32.7. The zero-order valence-electron chi connectivity index (χ0n) is 32.7. The first-order valence-electron chi connectivity index (χ1n) is 19.8. The SMILES string of the molecule is BC1=C(O)C(B)C(B)C(B)=C1N1C2=CC=CCC2c2ccc3c4ccccc4n(-c4nc(-c5ccccc5)nc(-c5ccc(Oc6ccccc6C)cc5)n4)c3c21. The molecule has 2 aromatic heterocycles. The number of aliphatic hydroxyl groups is 1. The molecule has 5 aromatic carbocycles. The maximum Gasteiger partial charge on any atom is 0.238 e. The van der Waals surface area contributed by atoms with Gasteiger partial charge in [0.2, 0.25) is 5.95 Å². The molecule has 0 saturated heterocycles. The molecule has 7 aromatic rings. The van der Waals surface area contributed by atoms with E-state index in [2.05, 4.69) is 95.5 Å². The van der Waals surface area contributed by atoms with Gasteiger partial charge in [-0.25, -0.2) is 4.98 Å². The third-order valence-electron chi connectivity index (χ3n) is 12.3. The third kappa shape index (κ3) is 5.59. The molecule has 272 valence electrons. The summed E-state index contributed by atoms with van der Waals surface area (Å²) in [5, 5.41) is 13.8. The molecule has 7 nitrogen and oxygen atoms in total. The molecule has 57 heavy (non-hydrogen) atoms. The fourth-order valence-corrected chi connectivity index (χ4v) is 8.99. The Morgan fingerprint density at radius 3 is 2.21 bits per heavy atom. The second kappa shape index (κ2) is 13.6. The minimum absolute atomic E-state index is 0.0391. The molecule has 10 rings (SSSR count). The van der Waals surface area contributed by atoms with Crippen LogP contribution in [0, 0.1) is 6.92 Å². The van der Waals surface area contributed by atoms with Crippen LogP contribution in [0.5, 0.6) is 11.5 Å². The molecule has 0 bridgehead atoms. The van der Waals surface area contributed by atoms with Crippen molar-refractivity contribution < 1.29 is 9.84 Å². The van der Waals surface area contributed by atoms with Gasteiger partial charge in [0, 0.05) is 39.2 Å². The first-order valence-corrected chi connectivity index (χ1v) is 19.8. The van der Waals surface area contributed by atoms with E-state index in [0.29, 0.717) is 23.4 Å². The van der Waals surface area contributed by atoms with Crippen molar-refractivity contribution in [3.63, 3.8) is 0 Å². The maximum atomic E-state index is 11.6. The number of benzene rings is 5. The van der Waals surface area contributed by atoms with Crippen LogP contribution < -0.4 is 9.64 Å². The number of aromatic nitrogens is 4. The van der Waals surface area contributed by atoms with Crippen LogP contribution in [-0.2, 0) is 0 Å². The first-order chi connectivity index (χ1) is 27.8. The van der Waals surface area contributed by atoms with Crippen molar-refractivity contribution in [1.29, 1.82) is 0 Å². The Morgan fingerprint density at radius 1 is 0.737 bits per heavy atom. The predicted molar refractivity (Wildman–Crippen MR) is 242 cm³/mol. The van der Waals surface area contributed by atoms with E-state index in [1.165, 1.54) is 16.7 Å². The highest BCUT2D eigenvalue weighted by molar-refractivity contribution is 6.37. The van der Waals surface area contributed by atoms with Gasteiger partial charge in [0.25, 0.3) is 0 Å². The predicted octanol–water partition coefficient (Wildman–Crippen LogP) is 7.26. The molecular weight excluding hydrogens is 698 g/mol. The van der Waals surface area contributed by atoms with Crippen molar-refractivity contribution in [3.8, 4) is 40.2 Å². The number of rotatable bonds is 6. The quantitative estimate of drug-likeness (QED) is 0.181. The van der Waals surface area contributed by atoms with Crippen molar-refractivity contribution >= 4 is 58.9 Å². The molecule has 11 heteroatoms. The number of ether oxygens (including phenoxy) is 1. The molecular formula is C46H39B4N5O2. The highest BCUT2D eigenvalue weighted by atomic mass is 16.5. The van der Waals surface area contributed by atoms with Gasteiger partial charge in [-0.05, 0) is 78.2 Å². The molecule has 0 amide bonds. The van der Waals surface area contributed by atoms with Crippen LogP contribution in [0.2, 0.25) is 11.6 Å². The van der Waals surface area contributed by atoms with Gasteiger partial charge in [-0.1, -0.05) is 102 Å². The van der Waals surface area contributed by atoms with Gasteiger partial charge in [0.15, 0.2) is 11.6 Å². The number of aliphatic hydroxyl groups excluding tert-OH is 1. The summed E-state index contributed by atoms with van der Waals surface area (Å²) in [5.41, 5.74) is 11.7. The van der Waals surface area contributed by atoms with Crippen molar-refractivity contribution in [1.82, 2.24) is 19.5 Å². The lowest BCUT2D eigenvalue weighted by molar-refractivity contribution is 0.383. The lowest BCUT2D eigenvalue weighted by atomic mass is 9.53. The lowest BCUT2D eigenvalue weighted by Crippen LogP contribution is -2.30. The molecule has 3 heterocycles. The Morgan fingerprint density at radius 2 is 1.44 bits per heavy atom. The first kappa shape index (κ1) is 35.0. The summed E-state index contributed by atoms with van der Waals surface area (Å²) in [7, 11) is 8.65. The highest BCUT2D eigenvalue weighted by Crippen LogP contribution is 2.56. The van der Waals surface area contributed by atoms with Crippen molar-refractivity contribution in [2.45, 2.75) is 30.9 Å². The third-order valence-corrected chi connectivity index (χ3v) is 12.3. The van der Waals surface area contributed by atoms with E-state index < -0.39 is 0 Å². The number of aryl methyl sites for hydroxylation is 1. The number of nitrogens with zero attached hydrogens (tertiary/aromatic N) is 5. The van der Waals surface area contributed by atoms with Crippen LogP contribution in [0.25, 0.3) is 50.5 Å². The summed E-state index contributed by atoms with van der Waals surface area (Å²) in [6.45, 7) is 2.04. The molecule has 1 N–H and O–H groups in total. The van der Waals surface area contributed by atoms with E-state index in [0.717, 1.165) is 73.3 Å². The number of hydrogen-bond acceptors (Lipinski definition) is 6. The molecule has 0 radical (unpaired) electrons. The summed E-state index contributed by atoms with van der Waals surface area (Å²) in [6, 6.07) is 39.2. The number of fused-ring (bicyclic) bond motifs is 7. The Bertz CT molecular complexity index is 2900.